The van der Waals surface area contributed by atoms with Crippen LogP contribution in [0, 0.1) is 0 Å². The standard InChI is InChI=1S/C69H130O6/c1-4-7-10-13-16-19-21-23-25-27-29-30-31-32-33-34-35-36-37-38-40-41-43-45-47-50-53-56-59-62-68(71)74-65-66(64-73-67(70)61-58-55-52-49-18-15-12-9-6-3)75-69(72)63-60-57-54-51-48-46-44-42-39-28-26-24-22-20-17-14-11-8-5-2/h17,20,24,26,66H,4-16,18-19,21-23,25,27-65H2,1-3H3/b20-17-,26-24-. The number of hydrogen-bond donors (Lipinski definition) is 0. The number of allylic oxidation sites excluding steroid dienone is 4. The third-order valence-electron chi connectivity index (χ3n) is 15.5. The number of carbonyl (C=O) groups is 3. The normalized spacial score (nSPS) is 12.1. The van der Waals surface area contributed by atoms with Gasteiger partial charge >= 0.3 is 17.9 Å². The monoisotopic (exact) mass is 1050 g/mol. The van der Waals surface area contributed by atoms with E-state index in [0.29, 0.717) is 19.3 Å². The van der Waals surface area contributed by atoms with Gasteiger partial charge in [0.15, 0.2) is 6.10 Å². The molecule has 1 unspecified atom stereocenters. The molecule has 6 heteroatoms. The second kappa shape index (κ2) is 64.4. The first-order valence-corrected chi connectivity index (χ1v) is 33.8. The van der Waals surface area contributed by atoms with Crippen molar-refractivity contribution >= 4 is 17.9 Å². The summed E-state index contributed by atoms with van der Waals surface area (Å²) >= 11 is 0. The minimum Gasteiger partial charge on any atom is -0.462 e. The molecular formula is C69H130O6. The molecule has 0 saturated carbocycles. The number of unbranched alkanes of at least 4 members (excludes halogenated alkanes) is 48. The maximum absolute atomic E-state index is 12.9. The Bertz CT molecular complexity index is 1210. The third kappa shape index (κ3) is 62.6. The number of rotatable bonds is 63. The summed E-state index contributed by atoms with van der Waals surface area (Å²) in [7, 11) is 0. The van der Waals surface area contributed by atoms with Crippen molar-refractivity contribution in [3.8, 4) is 0 Å². The van der Waals surface area contributed by atoms with Gasteiger partial charge in [0, 0.05) is 19.3 Å². The SMILES string of the molecule is CCCCC/C=C\C/C=C\CCCCCCCCCCCC(=O)OC(COC(=O)CCCCCCCCCCC)COC(=O)CCCCCCCCCCCCCCCCCCCCCCCCCCCCCCC. The van der Waals surface area contributed by atoms with Crippen LogP contribution < -0.4 is 0 Å². The lowest BCUT2D eigenvalue weighted by Gasteiger charge is -2.18. The van der Waals surface area contributed by atoms with Gasteiger partial charge in [-0.1, -0.05) is 334 Å². The molecule has 0 amide bonds. The summed E-state index contributed by atoms with van der Waals surface area (Å²) < 4.78 is 16.9. The van der Waals surface area contributed by atoms with Gasteiger partial charge in [0.05, 0.1) is 0 Å². The molecule has 442 valence electrons. The van der Waals surface area contributed by atoms with E-state index in [2.05, 4.69) is 45.1 Å². The molecule has 0 rings (SSSR count). The van der Waals surface area contributed by atoms with Crippen molar-refractivity contribution in [3.63, 3.8) is 0 Å². The van der Waals surface area contributed by atoms with Gasteiger partial charge < -0.3 is 14.2 Å². The second-order valence-corrected chi connectivity index (χ2v) is 23.1. The van der Waals surface area contributed by atoms with Crippen LogP contribution in [0.3, 0.4) is 0 Å². The van der Waals surface area contributed by atoms with Crippen molar-refractivity contribution in [2.24, 2.45) is 0 Å². The Balaban J connectivity index is 4.07. The molecule has 0 aliphatic heterocycles. The Morgan fingerprint density at radius 1 is 0.267 bits per heavy atom. The predicted molar refractivity (Wildman–Crippen MR) is 326 cm³/mol. The average molecular weight is 1060 g/mol. The van der Waals surface area contributed by atoms with Crippen LogP contribution in [-0.2, 0) is 28.6 Å². The fraction of sp³-hybridized carbons (Fsp3) is 0.899. The van der Waals surface area contributed by atoms with E-state index in [9.17, 15) is 14.4 Å². The Morgan fingerprint density at radius 2 is 0.480 bits per heavy atom. The number of hydrogen-bond acceptors (Lipinski definition) is 6. The summed E-state index contributed by atoms with van der Waals surface area (Å²) in [4.78, 5) is 38.2. The molecule has 1 atom stereocenters. The molecule has 0 aliphatic carbocycles. The first-order chi connectivity index (χ1) is 37.0. The van der Waals surface area contributed by atoms with E-state index in [0.717, 1.165) is 64.2 Å². The fourth-order valence-corrected chi connectivity index (χ4v) is 10.4. The van der Waals surface area contributed by atoms with E-state index in [1.54, 1.807) is 0 Å². The van der Waals surface area contributed by atoms with E-state index in [1.807, 2.05) is 0 Å². The second-order valence-electron chi connectivity index (χ2n) is 23.1. The van der Waals surface area contributed by atoms with E-state index >= 15 is 0 Å². The highest BCUT2D eigenvalue weighted by atomic mass is 16.6. The van der Waals surface area contributed by atoms with Crippen molar-refractivity contribution in [1.29, 1.82) is 0 Å². The van der Waals surface area contributed by atoms with Crippen molar-refractivity contribution in [2.45, 2.75) is 386 Å². The van der Waals surface area contributed by atoms with Crippen LogP contribution in [0.25, 0.3) is 0 Å². The van der Waals surface area contributed by atoms with Gasteiger partial charge in [0.25, 0.3) is 0 Å². The fourth-order valence-electron chi connectivity index (χ4n) is 10.4. The molecule has 0 heterocycles. The predicted octanol–water partition coefficient (Wildman–Crippen LogP) is 23.0. The van der Waals surface area contributed by atoms with Crippen molar-refractivity contribution < 1.29 is 28.6 Å². The number of carbonyl (C=O) groups excluding carboxylic acids is 3. The lowest BCUT2D eigenvalue weighted by atomic mass is 10.0. The molecule has 0 aromatic heterocycles. The molecule has 0 N–H and O–H groups in total. The highest BCUT2D eigenvalue weighted by molar-refractivity contribution is 5.71. The van der Waals surface area contributed by atoms with E-state index < -0.39 is 6.10 Å². The third-order valence-corrected chi connectivity index (χ3v) is 15.5. The zero-order valence-corrected chi connectivity index (χ0v) is 50.8. The minimum atomic E-state index is -0.769. The highest BCUT2D eigenvalue weighted by Crippen LogP contribution is 2.19. The van der Waals surface area contributed by atoms with E-state index in [4.69, 9.17) is 14.2 Å². The van der Waals surface area contributed by atoms with Gasteiger partial charge in [-0.15, -0.1) is 0 Å². The lowest BCUT2D eigenvalue weighted by Crippen LogP contribution is -2.30. The van der Waals surface area contributed by atoms with Crippen LogP contribution in [0.4, 0.5) is 0 Å². The Hall–Kier alpha value is -2.11. The van der Waals surface area contributed by atoms with Gasteiger partial charge in [0.2, 0.25) is 0 Å². The maximum atomic E-state index is 12.9. The molecule has 6 nitrogen and oxygen atoms in total. The zero-order valence-electron chi connectivity index (χ0n) is 50.8. The summed E-state index contributed by atoms with van der Waals surface area (Å²) in [5.41, 5.74) is 0. The summed E-state index contributed by atoms with van der Waals surface area (Å²) in [6.45, 7) is 6.66. The summed E-state index contributed by atoms with van der Waals surface area (Å²) in [5.74, 6) is -0.848. The molecule has 0 aromatic carbocycles. The Morgan fingerprint density at radius 3 is 0.760 bits per heavy atom. The van der Waals surface area contributed by atoms with E-state index in [1.165, 1.54) is 276 Å². The molecular weight excluding hydrogens is 925 g/mol. The van der Waals surface area contributed by atoms with Gasteiger partial charge in [-0.05, 0) is 51.4 Å². The zero-order chi connectivity index (χ0) is 54.3. The summed E-state index contributed by atoms with van der Waals surface area (Å²) in [6, 6.07) is 0. The molecule has 0 radical (unpaired) electrons. The highest BCUT2D eigenvalue weighted by Gasteiger charge is 2.19. The molecule has 0 aliphatic rings. The van der Waals surface area contributed by atoms with Crippen LogP contribution in [-0.4, -0.2) is 37.2 Å². The van der Waals surface area contributed by atoms with Gasteiger partial charge in [0.1, 0.15) is 13.2 Å². The van der Waals surface area contributed by atoms with Crippen molar-refractivity contribution in [1.82, 2.24) is 0 Å². The minimum absolute atomic E-state index is 0.0672. The first-order valence-electron chi connectivity index (χ1n) is 33.8. The summed E-state index contributed by atoms with van der Waals surface area (Å²) in [5, 5.41) is 0. The van der Waals surface area contributed by atoms with Gasteiger partial charge in [-0.25, -0.2) is 0 Å². The molecule has 0 spiro atoms. The first kappa shape index (κ1) is 72.9. The van der Waals surface area contributed by atoms with Crippen molar-refractivity contribution in [3.05, 3.63) is 24.3 Å². The summed E-state index contributed by atoms with van der Waals surface area (Å²) in [6.07, 6.45) is 77.9. The topological polar surface area (TPSA) is 78.9 Å². The smallest absolute Gasteiger partial charge is 0.306 e. The quantitative estimate of drug-likeness (QED) is 0.0261. The maximum Gasteiger partial charge on any atom is 0.306 e. The molecule has 75 heavy (non-hydrogen) atoms. The molecule has 0 aromatic rings. The molecule has 0 saturated heterocycles. The largest absolute Gasteiger partial charge is 0.462 e. The van der Waals surface area contributed by atoms with Crippen molar-refractivity contribution in [2.75, 3.05) is 13.2 Å². The molecule has 0 fully saturated rings. The van der Waals surface area contributed by atoms with Crippen LogP contribution >= 0.6 is 0 Å². The van der Waals surface area contributed by atoms with E-state index in [-0.39, 0.29) is 31.1 Å². The number of esters is 3. The van der Waals surface area contributed by atoms with Crippen LogP contribution in [0.5, 0.6) is 0 Å². The lowest BCUT2D eigenvalue weighted by molar-refractivity contribution is -0.167. The number of ether oxygens (including phenoxy) is 3. The Kier molecular flexibility index (Phi) is 62.6. The van der Waals surface area contributed by atoms with Crippen LogP contribution in [0.2, 0.25) is 0 Å². The average Bonchev–Trinajstić information content (AvgIpc) is 3.41. The van der Waals surface area contributed by atoms with Gasteiger partial charge in [-0.2, -0.15) is 0 Å². The van der Waals surface area contributed by atoms with Crippen LogP contribution in [0.15, 0.2) is 24.3 Å². The van der Waals surface area contributed by atoms with Gasteiger partial charge in [-0.3, -0.25) is 14.4 Å². The van der Waals surface area contributed by atoms with Crippen LogP contribution in [0.1, 0.15) is 380 Å². The molecule has 0 bridgehead atoms. The Labute approximate surface area is 468 Å².